The largest absolute Gasteiger partial charge is 0.289 e. The first kappa shape index (κ1) is 11.9. The number of alkyl halides is 1. The smallest absolute Gasteiger partial charge is 0.193 e. The summed E-state index contributed by atoms with van der Waals surface area (Å²) in [5, 5.41) is 0. The molecule has 2 aromatic carbocycles. The number of benzene rings is 2. The third-order valence-corrected chi connectivity index (χ3v) is 2.99. The molecule has 0 heterocycles. The van der Waals surface area contributed by atoms with Crippen molar-refractivity contribution < 1.29 is 4.79 Å². The van der Waals surface area contributed by atoms with Crippen LogP contribution in [0.2, 0.25) is 0 Å². The summed E-state index contributed by atoms with van der Waals surface area (Å²) in [4.78, 5) is 12.1. The van der Waals surface area contributed by atoms with Crippen LogP contribution in [-0.2, 0) is 5.88 Å². The molecule has 0 aliphatic heterocycles. The lowest BCUT2D eigenvalue weighted by Crippen LogP contribution is -2.01. The Kier molecular flexibility index (Phi) is 3.60. The van der Waals surface area contributed by atoms with Gasteiger partial charge >= 0.3 is 0 Å². The fourth-order valence-corrected chi connectivity index (χ4v) is 1.79. The second-order valence-corrected chi connectivity index (χ2v) is 4.29. The Morgan fingerprint density at radius 1 is 0.941 bits per heavy atom. The van der Waals surface area contributed by atoms with E-state index in [2.05, 4.69) is 0 Å². The molecule has 0 aromatic heterocycles. The minimum Gasteiger partial charge on any atom is -0.289 e. The van der Waals surface area contributed by atoms with Gasteiger partial charge in [-0.25, -0.2) is 0 Å². The van der Waals surface area contributed by atoms with E-state index in [4.69, 9.17) is 11.6 Å². The third kappa shape index (κ3) is 2.75. The topological polar surface area (TPSA) is 17.1 Å². The molecule has 0 amide bonds. The van der Waals surface area contributed by atoms with Crippen molar-refractivity contribution in [2.45, 2.75) is 12.8 Å². The number of hydrogen-bond acceptors (Lipinski definition) is 1. The van der Waals surface area contributed by atoms with Crippen molar-refractivity contribution in [3.05, 3.63) is 70.8 Å². The summed E-state index contributed by atoms with van der Waals surface area (Å²) in [6, 6.07) is 15.0. The van der Waals surface area contributed by atoms with E-state index in [1.807, 2.05) is 55.5 Å². The second-order valence-electron chi connectivity index (χ2n) is 4.03. The maximum Gasteiger partial charge on any atom is 0.193 e. The highest BCUT2D eigenvalue weighted by atomic mass is 35.5. The highest BCUT2D eigenvalue weighted by molar-refractivity contribution is 6.17. The van der Waals surface area contributed by atoms with E-state index in [-0.39, 0.29) is 5.78 Å². The van der Waals surface area contributed by atoms with Crippen LogP contribution in [0.25, 0.3) is 0 Å². The zero-order valence-corrected chi connectivity index (χ0v) is 10.4. The second kappa shape index (κ2) is 5.15. The Bertz CT molecular complexity index is 512. The van der Waals surface area contributed by atoms with Crippen LogP contribution in [0.3, 0.4) is 0 Å². The highest BCUT2D eigenvalue weighted by Gasteiger charge is 2.08. The molecule has 0 unspecified atom stereocenters. The molecule has 0 spiro atoms. The predicted molar refractivity (Wildman–Crippen MR) is 70.6 cm³/mol. The minimum atomic E-state index is 0.0473. The standard InChI is InChI=1S/C15H13ClO/c1-11-2-6-13(7-3-11)15(17)14-8-4-12(10-16)5-9-14/h2-9H,10H2,1H3. The maximum absolute atomic E-state index is 12.1. The van der Waals surface area contributed by atoms with Crippen LogP contribution in [-0.4, -0.2) is 5.78 Å². The van der Waals surface area contributed by atoms with Crippen molar-refractivity contribution in [1.82, 2.24) is 0 Å². The molecule has 0 saturated carbocycles. The Balaban J connectivity index is 2.27. The van der Waals surface area contributed by atoms with Crippen LogP contribution in [0.5, 0.6) is 0 Å². The average Bonchev–Trinajstić information content (AvgIpc) is 2.39. The SMILES string of the molecule is Cc1ccc(C(=O)c2ccc(CCl)cc2)cc1. The van der Waals surface area contributed by atoms with E-state index in [0.717, 1.165) is 11.1 Å². The monoisotopic (exact) mass is 244 g/mol. The number of ketones is 1. The molecule has 2 heteroatoms. The van der Waals surface area contributed by atoms with E-state index in [0.29, 0.717) is 17.0 Å². The molecule has 17 heavy (non-hydrogen) atoms. The van der Waals surface area contributed by atoms with Gasteiger partial charge in [0.2, 0.25) is 0 Å². The molecule has 0 N–H and O–H groups in total. The van der Waals surface area contributed by atoms with Crippen molar-refractivity contribution in [1.29, 1.82) is 0 Å². The zero-order chi connectivity index (χ0) is 12.3. The summed E-state index contributed by atoms with van der Waals surface area (Å²) < 4.78 is 0. The van der Waals surface area contributed by atoms with Gasteiger partial charge in [-0.05, 0) is 12.5 Å². The lowest BCUT2D eigenvalue weighted by Gasteiger charge is -2.02. The Morgan fingerprint density at radius 2 is 1.41 bits per heavy atom. The normalized spacial score (nSPS) is 10.2. The molecule has 2 rings (SSSR count). The zero-order valence-electron chi connectivity index (χ0n) is 9.61. The van der Waals surface area contributed by atoms with Crippen molar-refractivity contribution >= 4 is 17.4 Å². The summed E-state index contributed by atoms with van der Waals surface area (Å²) in [7, 11) is 0. The number of rotatable bonds is 3. The van der Waals surface area contributed by atoms with Gasteiger partial charge in [0, 0.05) is 17.0 Å². The van der Waals surface area contributed by atoms with Gasteiger partial charge in [-0.1, -0.05) is 54.1 Å². The first-order chi connectivity index (χ1) is 8.20. The molecule has 0 fully saturated rings. The highest BCUT2D eigenvalue weighted by Crippen LogP contribution is 2.13. The van der Waals surface area contributed by atoms with Crippen molar-refractivity contribution in [3.63, 3.8) is 0 Å². The first-order valence-electron chi connectivity index (χ1n) is 5.47. The van der Waals surface area contributed by atoms with E-state index >= 15 is 0 Å². The van der Waals surface area contributed by atoms with Crippen molar-refractivity contribution in [3.8, 4) is 0 Å². The van der Waals surface area contributed by atoms with Gasteiger partial charge in [0.05, 0.1) is 0 Å². The molecule has 86 valence electrons. The molecular weight excluding hydrogens is 232 g/mol. The van der Waals surface area contributed by atoms with Gasteiger partial charge in [0.15, 0.2) is 5.78 Å². The molecule has 0 radical (unpaired) electrons. The van der Waals surface area contributed by atoms with Gasteiger partial charge in [-0.2, -0.15) is 0 Å². The number of halogens is 1. The van der Waals surface area contributed by atoms with E-state index in [1.165, 1.54) is 0 Å². The molecule has 0 aliphatic rings. The van der Waals surface area contributed by atoms with Crippen molar-refractivity contribution in [2.75, 3.05) is 0 Å². The number of carbonyl (C=O) groups is 1. The molecule has 1 nitrogen and oxygen atoms in total. The summed E-state index contributed by atoms with van der Waals surface area (Å²) in [5.41, 5.74) is 3.59. The number of hydrogen-bond donors (Lipinski definition) is 0. The molecular formula is C15H13ClO. The Labute approximate surface area is 106 Å². The van der Waals surface area contributed by atoms with Gasteiger partial charge in [0.1, 0.15) is 0 Å². The fraction of sp³-hybridized carbons (Fsp3) is 0.133. The lowest BCUT2D eigenvalue weighted by molar-refractivity contribution is 0.103. The first-order valence-corrected chi connectivity index (χ1v) is 6.00. The summed E-state index contributed by atoms with van der Waals surface area (Å²) in [6.45, 7) is 2.00. The van der Waals surface area contributed by atoms with Crippen LogP contribution in [0.4, 0.5) is 0 Å². The van der Waals surface area contributed by atoms with Crippen LogP contribution >= 0.6 is 11.6 Å². The van der Waals surface area contributed by atoms with Crippen LogP contribution in [0, 0.1) is 6.92 Å². The van der Waals surface area contributed by atoms with E-state index < -0.39 is 0 Å². The van der Waals surface area contributed by atoms with Crippen LogP contribution < -0.4 is 0 Å². The van der Waals surface area contributed by atoms with E-state index in [1.54, 1.807) is 0 Å². The lowest BCUT2D eigenvalue weighted by atomic mass is 10.0. The van der Waals surface area contributed by atoms with Gasteiger partial charge in [-0.15, -0.1) is 11.6 Å². The molecule has 0 aliphatic carbocycles. The van der Waals surface area contributed by atoms with Gasteiger partial charge < -0.3 is 0 Å². The number of carbonyl (C=O) groups excluding carboxylic acids is 1. The van der Waals surface area contributed by atoms with Gasteiger partial charge in [-0.3, -0.25) is 4.79 Å². The number of aryl methyl sites for hydroxylation is 1. The predicted octanol–water partition coefficient (Wildman–Crippen LogP) is 3.96. The van der Waals surface area contributed by atoms with E-state index in [9.17, 15) is 4.79 Å². The molecule has 0 bridgehead atoms. The molecule has 0 atom stereocenters. The van der Waals surface area contributed by atoms with Crippen molar-refractivity contribution in [2.24, 2.45) is 0 Å². The summed E-state index contributed by atoms with van der Waals surface area (Å²) in [5.74, 6) is 0.519. The van der Waals surface area contributed by atoms with Crippen LogP contribution in [0.1, 0.15) is 27.0 Å². The Morgan fingerprint density at radius 3 is 1.88 bits per heavy atom. The molecule has 2 aromatic rings. The molecule has 0 saturated heterocycles. The van der Waals surface area contributed by atoms with Crippen LogP contribution in [0.15, 0.2) is 48.5 Å². The quantitative estimate of drug-likeness (QED) is 0.590. The third-order valence-electron chi connectivity index (χ3n) is 2.68. The minimum absolute atomic E-state index is 0.0473. The average molecular weight is 245 g/mol. The maximum atomic E-state index is 12.1. The van der Waals surface area contributed by atoms with Gasteiger partial charge in [0.25, 0.3) is 0 Å². The summed E-state index contributed by atoms with van der Waals surface area (Å²) in [6.07, 6.45) is 0. The summed E-state index contributed by atoms with van der Waals surface area (Å²) >= 11 is 5.71. The Hall–Kier alpha value is -1.60. The fourth-order valence-electron chi connectivity index (χ4n) is 1.62.